The van der Waals surface area contributed by atoms with Crippen molar-refractivity contribution in [2.45, 2.75) is 26.2 Å². The molecule has 0 amide bonds. The number of hydrogen-bond donors (Lipinski definition) is 4. The monoisotopic (exact) mass is 382 g/mol. The minimum Gasteiger partial charge on any atom is -0.508 e. The largest absolute Gasteiger partial charge is 0.508 e. The van der Waals surface area contributed by atoms with Gasteiger partial charge in [0.25, 0.3) is 0 Å². The summed E-state index contributed by atoms with van der Waals surface area (Å²) in [5.41, 5.74) is 1.78. The fraction of sp³-hybridized carbons (Fsp3) is 0.182. The fourth-order valence-electron chi connectivity index (χ4n) is 2.56. The van der Waals surface area contributed by atoms with Crippen molar-refractivity contribution in [3.05, 3.63) is 70.8 Å². The summed E-state index contributed by atoms with van der Waals surface area (Å²) in [5.74, 6) is -1.65. The van der Waals surface area contributed by atoms with Crippen molar-refractivity contribution in [3.63, 3.8) is 0 Å². The van der Waals surface area contributed by atoms with Crippen LogP contribution in [0.3, 0.4) is 0 Å². The molecule has 2 rings (SSSR count). The van der Waals surface area contributed by atoms with Gasteiger partial charge in [0, 0.05) is 12.0 Å². The zero-order valence-corrected chi connectivity index (χ0v) is 15.4. The lowest BCUT2D eigenvalue weighted by atomic mass is 9.99. The van der Waals surface area contributed by atoms with E-state index in [4.69, 9.17) is 5.11 Å². The highest BCUT2D eigenvalue weighted by atomic mass is 16.4. The minimum atomic E-state index is -0.897. The number of aliphatic carboxylic acids is 1. The molecule has 4 N–H and O–H groups in total. The van der Waals surface area contributed by atoms with E-state index in [0.717, 1.165) is 5.57 Å². The van der Waals surface area contributed by atoms with Crippen LogP contribution in [0.25, 0.3) is 6.08 Å². The van der Waals surface area contributed by atoms with Crippen molar-refractivity contribution in [1.29, 1.82) is 0 Å². The summed E-state index contributed by atoms with van der Waals surface area (Å²) >= 11 is 0. The van der Waals surface area contributed by atoms with Crippen LogP contribution in [0.2, 0.25) is 0 Å². The van der Waals surface area contributed by atoms with Gasteiger partial charge in [0.2, 0.25) is 0 Å². The topological polar surface area (TPSA) is 115 Å². The molecule has 0 heterocycles. The molecule has 2 aromatic rings. The maximum atomic E-state index is 12.4. The van der Waals surface area contributed by atoms with Crippen LogP contribution < -0.4 is 0 Å². The molecule has 0 radical (unpaired) electrons. The molecule has 0 saturated heterocycles. The second-order valence-electron chi connectivity index (χ2n) is 6.40. The predicted octanol–water partition coefficient (Wildman–Crippen LogP) is 4.05. The van der Waals surface area contributed by atoms with Crippen LogP contribution in [-0.4, -0.2) is 32.2 Å². The van der Waals surface area contributed by atoms with E-state index in [1.165, 1.54) is 30.3 Å². The van der Waals surface area contributed by atoms with Gasteiger partial charge in [-0.05, 0) is 55.7 Å². The molecule has 0 atom stereocenters. The predicted molar refractivity (Wildman–Crippen MR) is 106 cm³/mol. The van der Waals surface area contributed by atoms with Gasteiger partial charge in [0.1, 0.15) is 17.2 Å². The summed E-state index contributed by atoms with van der Waals surface area (Å²) in [6.45, 7) is 1.77. The molecule has 0 fully saturated rings. The number of phenolic OH excluding ortho intramolecular Hbond substituents is 3. The van der Waals surface area contributed by atoms with Gasteiger partial charge in [0.05, 0.1) is 5.56 Å². The number of carboxylic acids is 1. The SMILES string of the molecule is C/C(=C\Cc1c(O)ccc(C(=O)/C=C/c2ccc(O)cc2)c1O)CCC(=O)O. The Hall–Kier alpha value is -3.54. The quantitative estimate of drug-likeness (QED) is 0.311. The first-order chi connectivity index (χ1) is 13.3. The van der Waals surface area contributed by atoms with E-state index >= 15 is 0 Å². The maximum absolute atomic E-state index is 12.4. The van der Waals surface area contributed by atoms with Crippen molar-refractivity contribution in [1.82, 2.24) is 0 Å². The average Bonchev–Trinajstić information content (AvgIpc) is 2.65. The van der Waals surface area contributed by atoms with Gasteiger partial charge in [-0.1, -0.05) is 29.9 Å². The minimum absolute atomic E-state index is 0.000872. The molecule has 0 aliphatic heterocycles. The van der Waals surface area contributed by atoms with E-state index in [-0.39, 0.29) is 41.2 Å². The smallest absolute Gasteiger partial charge is 0.303 e. The highest BCUT2D eigenvalue weighted by molar-refractivity contribution is 6.09. The Bertz CT molecular complexity index is 923. The van der Waals surface area contributed by atoms with E-state index in [1.807, 2.05) is 0 Å². The molecule has 0 bridgehead atoms. The summed E-state index contributed by atoms with van der Waals surface area (Å²) in [6.07, 6.45) is 5.12. The summed E-state index contributed by atoms with van der Waals surface area (Å²) < 4.78 is 0. The van der Waals surface area contributed by atoms with Crippen molar-refractivity contribution in [2.75, 3.05) is 0 Å². The Morgan fingerprint density at radius 2 is 1.64 bits per heavy atom. The average molecular weight is 382 g/mol. The highest BCUT2D eigenvalue weighted by Crippen LogP contribution is 2.32. The molecule has 0 aliphatic carbocycles. The molecule has 6 nitrogen and oxygen atoms in total. The summed E-state index contributed by atoms with van der Waals surface area (Å²) in [4.78, 5) is 23.0. The van der Waals surface area contributed by atoms with Gasteiger partial charge in [-0.3, -0.25) is 9.59 Å². The number of rotatable bonds is 8. The van der Waals surface area contributed by atoms with Gasteiger partial charge in [-0.2, -0.15) is 0 Å². The van der Waals surface area contributed by atoms with Crippen LogP contribution in [0.4, 0.5) is 0 Å². The van der Waals surface area contributed by atoms with E-state index in [1.54, 1.807) is 31.2 Å². The van der Waals surface area contributed by atoms with Crippen LogP contribution in [0, 0.1) is 0 Å². The second kappa shape index (κ2) is 9.41. The third-order valence-electron chi connectivity index (χ3n) is 4.23. The Kier molecular flexibility index (Phi) is 6.98. The molecule has 2 aromatic carbocycles. The Morgan fingerprint density at radius 1 is 0.964 bits per heavy atom. The van der Waals surface area contributed by atoms with Gasteiger partial charge in [-0.25, -0.2) is 0 Å². The number of aromatic hydroxyl groups is 3. The molecule has 0 spiro atoms. The number of allylic oxidation sites excluding steroid dienone is 3. The fourth-order valence-corrected chi connectivity index (χ4v) is 2.56. The normalized spacial score (nSPS) is 11.7. The molecular formula is C22H22O6. The maximum Gasteiger partial charge on any atom is 0.303 e. The number of carbonyl (C=O) groups excluding carboxylic acids is 1. The van der Waals surface area contributed by atoms with Crippen LogP contribution in [0.15, 0.2) is 54.1 Å². The zero-order chi connectivity index (χ0) is 20.7. The molecule has 0 unspecified atom stereocenters. The Labute approximate surface area is 162 Å². The van der Waals surface area contributed by atoms with Crippen molar-refractivity contribution in [2.24, 2.45) is 0 Å². The van der Waals surface area contributed by atoms with E-state index in [9.17, 15) is 24.9 Å². The van der Waals surface area contributed by atoms with Crippen molar-refractivity contribution >= 4 is 17.8 Å². The van der Waals surface area contributed by atoms with E-state index < -0.39 is 11.8 Å². The Balaban J connectivity index is 2.18. The lowest BCUT2D eigenvalue weighted by Gasteiger charge is -2.09. The van der Waals surface area contributed by atoms with Crippen LogP contribution >= 0.6 is 0 Å². The molecular weight excluding hydrogens is 360 g/mol. The first kappa shape index (κ1) is 20.8. The van der Waals surface area contributed by atoms with Gasteiger partial charge < -0.3 is 20.4 Å². The Morgan fingerprint density at radius 3 is 2.29 bits per heavy atom. The number of phenols is 3. The number of benzene rings is 2. The molecule has 0 aromatic heterocycles. The number of hydrogen-bond acceptors (Lipinski definition) is 5. The molecule has 6 heteroatoms. The van der Waals surface area contributed by atoms with Gasteiger partial charge >= 0.3 is 5.97 Å². The van der Waals surface area contributed by atoms with Crippen molar-refractivity contribution < 1.29 is 30.0 Å². The zero-order valence-electron chi connectivity index (χ0n) is 15.4. The summed E-state index contributed by atoms with van der Waals surface area (Å²) in [6, 6.07) is 8.98. The van der Waals surface area contributed by atoms with Gasteiger partial charge in [-0.15, -0.1) is 0 Å². The molecule has 146 valence electrons. The second-order valence-corrected chi connectivity index (χ2v) is 6.40. The first-order valence-corrected chi connectivity index (χ1v) is 8.70. The van der Waals surface area contributed by atoms with E-state index in [0.29, 0.717) is 12.0 Å². The first-order valence-electron chi connectivity index (χ1n) is 8.70. The molecule has 0 saturated carbocycles. The lowest BCUT2D eigenvalue weighted by molar-refractivity contribution is -0.136. The highest BCUT2D eigenvalue weighted by Gasteiger charge is 2.15. The lowest BCUT2D eigenvalue weighted by Crippen LogP contribution is -1.98. The van der Waals surface area contributed by atoms with Crippen LogP contribution in [0.1, 0.15) is 41.3 Å². The molecule has 28 heavy (non-hydrogen) atoms. The third kappa shape index (κ3) is 5.74. The van der Waals surface area contributed by atoms with Gasteiger partial charge in [0.15, 0.2) is 5.78 Å². The van der Waals surface area contributed by atoms with E-state index in [2.05, 4.69) is 0 Å². The number of carbonyl (C=O) groups is 2. The summed E-state index contributed by atoms with van der Waals surface area (Å²) in [7, 11) is 0. The third-order valence-corrected chi connectivity index (χ3v) is 4.23. The van der Waals surface area contributed by atoms with Crippen molar-refractivity contribution in [3.8, 4) is 17.2 Å². The number of carboxylic acid groups (broad SMARTS) is 1. The summed E-state index contributed by atoms with van der Waals surface area (Å²) in [5, 5.41) is 38.4. The van der Waals surface area contributed by atoms with Crippen LogP contribution in [0.5, 0.6) is 17.2 Å². The van der Waals surface area contributed by atoms with Crippen LogP contribution in [-0.2, 0) is 11.2 Å². The standard InChI is InChI=1S/C22H22O6/c1-14(3-13-21(26)27)2-9-17-20(25)12-10-18(22(17)28)19(24)11-6-15-4-7-16(23)8-5-15/h2,4-8,10-12,23,25,28H,3,9,13H2,1H3,(H,26,27)/b11-6+,14-2+. The number of ketones is 1. The molecule has 0 aliphatic rings.